The van der Waals surface area contributed by atoms with Gasteiger partial charge in [-0.05, 0) is 31.8 Å². The summed E-state index contributed by atoms with van der Waals surface area (Å²) in [4.78, 5) is 11.4. The summed E-state index contributed by atoms with van der Waals surface area (Å²) < 4.78 is 5.43. The number of rotatable bonds is 8. The highest BCUT2D eigenvalue weighted by atomic mass is 16.5. The van der Waals surface area contributed by atoms with Crippen molar-refractivity contribution in [3.05, 3.63) is 12.2 Å². The molecule has 1 saturated heterocycles. The van der Waals surface area contributed by atoms with Crippen molar-refractivity contribution in [3.8, 4) is 0 Å². The van der Waals surface area contributed by atoms with E-state index in [0.29, 0.717) is 6.54 Å². The van der Waals surface area contributed by atoms with Crippen LogP contribution in [0.1, 0.15) is 51.9 Å². The first-order valence-corrected chi connectivity index (χ1v) is 6.89. The molecule has 1 rings (SSSR count). The van der Waals surface area contributed by atoms with Crippen LogP contribution in [0.15, 0.2) is 12.2 Å². The summed E-state index contributed by atoms with van der Waals surface area (Å²) in [5, 5.41) is 2.88. The van der Waals surface area contributed by atoms with Crippen LogP contribution in [0.4, 0.5) is 0 Å². The highest BCUT2D eigenvalue weighted by Crippen LogP contribution is 2.10. The summed E-state index contributed by atoms with van der Waals surface area (Å²) in [5.74, 6) is 0.0102. The standard InChI is InChI=1S/C14H25NO2/c1-2-3-4-5-6-7-10-14(16)15-12-13-9-8-11-17-13/h7,10,13H,2-6,8-9,11-12H2,1H3,(H,15,16). The predicted octanol–water partition coefficient (Wildman–Crippen LogP) is 2.81. The molecular formula is C14H25NO2. The number of nitrogens with one attached hydrogen (secondary N) is 1. The van der Waals surface area contributed by atoms with E-state index in [0.717, 1.165) is 25.9 Å². The summed E-state index contributed by atoms with van der Waals surface area (Å²) in [6.07, 6.45) is 12.0. The average molecular weight is 239 g/mol. The van der Waals surface area contributed by atoms with Gasteiger partial charge in [-0.1, -0.05) is 32.3 Å². The van der Waals surface area contributed by atoms with Crippen molar-refractivity contribution in [3.63, 3.8) is 0 Å². The molecule has 1 amide bonds. The van der Waals surface area contributed by atoms with E-state index in [1.807, 2.05) is 6.08 Å². The molecule has 1 atom stereocenters. The lowest BCUT2D eigenvalue weighted by atomic mass is 10.1. The number of allylic oxidation sites excluding steroid dienone is 1. The summed E-state index contributed by atoms with van der Waals surface area (Å²) in [5.41, 5.74) is 0. The largest absolute Gasteiger partial charge is 0.376 e. The minimum Gasteiger partial charge on any atom is -0.376 e. The molecule has 1 unspecified atom stereocenters. The van der Waals surface area contributed by atoms with E-state index < -0.39 is 0 Å². The molecule has 0 aromatic carbocycles. The molecule has 98 valence electrons. The Morgan fingerprint density at radius 1 is 1.41 bits per heavy atom. The number of amides is 1. The van der Waals surface area contributed by atoms with Crippen LogP contribution in [0.25, 0.3) is 0 Å². The van der Waals surface area contributed by atoms with Crippen molar-refractivity contribution in [2.45, 2.75) is 58.0 Å². The van der Waals surface area contributed by atoms with E-state index in [4.69, 9.17) is 4.74 Å². The zero-order chi connectivity index (χ0) is 12.3. The lowest BCUT2D eigenvalue weighted by molar-refractivity contribution is -0.117. The maximum atomic E-state index is 11.4. The van der Waals surface area contributed by atoms with Gasteiger partial charge in [0, 0.05) is 13.2 Å². The van der Waals surface area contributed by atoms with Crippen LogP contribution in [0.2, 0.25) is 0 Å². The smallest absolute Gasteiger partial charge is 0.243 e. The van der Waals surface area contributed by atoms with Crippen molar-refractivity contribution in [1.82, 2.24) is 5.32 Å². The fourth-order valence-electron chi connectivity index (χ4n) is 1.96. The Morgan fingerprint density at radius 2 is 2.29 bits per heavy atom. The first-order valence-electron chi connectivity index (χ1n) is 6.89. The normalized spacial score (nSPS) is 19.9. The van der Waals surface area contributed by atoms with Gasteiger partial charge in [0.2, 0.25) is 5.91 Å². The van der Waals surface area contributed by atoms with Crippen molar-refractivity contribution in [2.75, 3.05) is 13.2 Å². The molecule has 0 aliphatic carbocycles. The van der Waals surface area contributed by atoms with Crippen LogP contribution in [-0.2, 0) is 9.53 Å². The van der Waals surface area contributed by atoms with Crippen molar-refractivity contribution >= 4 is 5.91 Å². The first kappa shape index (κ1) is 14.2. The minimum absolute atomic E-state index is 0.0102. The number of unbranched alkanes of at least 4 members (excludes halogenated alkanes) is 4. The van der Waals surface area contributed by atoms with Gasteiger partial charge in [0.05, 0.1) is 6.10 Å². The van der Waals surface area contributed by atoms with Gasteiger partial charge in [0.1, 0.15) is 0 Å². The van der Waals surface area contributed by atoms with Crippen LogP contribution in [0.3, 0.4) is 0 Å². The predicted molar refractivity (Wildman–Crippen MR) is 69.9 cm³/mol. The Morgan fingerprint density at radius 3 is 3.00 bits per heavy atom. The minimum atomic E-state index is 0.0102. The van der Waals surface area contributed by atoms with Crippen LogP contribution in [0, 0.1) is 0 Å². The van der Waals surface area contributed by atoms with Gasteiger partial charge in [-0.3, -0.25) is 4.79 Å². The lowest BCUT2D eigenvalue weighted by Gasteiger charge is -2.08. The number of hydrogen-bond acceptors (Lipinski definition) is 2. The van der Waals surface area contributed by atoms with Crippen molar-refractivity contribution < 1.29 is 9.53 Å². The van der Waals surface area contributed by atoms with Gasteiger partial charge in [0.15, 0.2) is 0 Å². The molecule has 0 spiro atoms. The second kappa shape index (κ2) is 9.23. The highest BCUT2D eigenvalue weighted by Gasteiger charge is 2.15. The van der Waals surface area contributed by atoms with Gasteiger partial charge < -0.3 is 10.1 Å². The Hall–Kier alpha value is -0.830. The monoisotopic (exact) mass is 239 g/mol. The third-order valence-corrected chi connectivity index (χ3v) is 3.02. The maximum Gasteiger partial charge on any atom is 0.243 e. The molecule has 0 radical (unpaired) electrons. The van der Waals surface area contributed by atoms with Crippen molar-refractivity contribution in [1.29, 1.82) is 0 Å². The molecule has 1 aliphatic rings. The Balaban J connectivity index is 1.97. The third kappa shape index (κ3) is 7.16. The Kier molecular flexibility index (Phi) is 7.72. The van der Waals surface area contributed by atoms with E-state index >= 15 is 0 Å². The van der Waals surface area contributed by atoms with Gasteiger partial charge in [-0.25, -0.2) is 0 Å². The van der Waals surface area contributed by atoms with Crippen LogP contribution in [0.5, 0.6) is 0 Å². The molecule has 1 N–H and O–H groups in total. The summed E-state index contributed by atoms with van der Waals surface area (Å²) >= 11 is 0. The van der Waals surface area contributed by atoms with E-state index in [1.165, 1.54) is 25.7 Å². The van der Waals surface area contributed by atoms with Crippen LogP contribution in [-0.4, -0.2) is 25.2 Å². The van der Waals surface area contributed by atoms with Gasteiger partial charge in [-0.15, -0.1) is 0 Å². The SMILES string of the molecule is CCCCCCC=CC(=O)NCC1CCCO1. The zero-order valence-electron chi connectivity index (χ0n) is 10.9. The van der Waals surface area contributed by atoms with E-state index in [-0.39, 0.29) is 12.0 Å². The lowest BCUT2D eigenvalue weighted by Crippen LogP contribution is -2.30. The molecule has 0 aromatic heterocycles. The average Bonchev–Trinajstić information content (AvgIpc) is 2.84. The van der Waals surface area contributed by atoms with Gasteiger partial charge >= 0.3 is 0 Å². The molecular weight excluding hydrogens is 214 g/mol. The molecule has 1 heterocycles. The molecule has 1 fully saturated rings. The highest BCUT2D eigenvalue weighted by molar-refractivity contribution is 5.87. The molecule has 0 aromatic rings. The van der Waals surface area contributed by atoms with E-state index in [9.17, 15) is 4.79 Å². The fourth-order valence-corrected chi connectivity index (χ4v) is 1.96. The zero-order valence-corrected chi connectivity index (χ0v) is 10.9. The second-order valence-corrected chi connectivity index (χ2v) is 4.63. The number of hydrogen-bond donors (Lipinski definition) is 1. The Bertz CT molecular complexity index is 232. The number of carbonyl (C=O) groups excluding carboxylic acids is 1. The van der Waals surface area contributed by atoms with E-state index in [1.54, 1.807) is 6.08 Å². The van der Waals surface area contributed by atoms with Crippen molar-refractivity contribution in [2.24, 2.45) is 0 Å². The molecule has 0 bridgehead atoms. The van der Waals surface area contributed by atoms with E-state index in [2.05, 4.69) is 12.2 Å². The quantitative estimate of drug-likeness (QED) is 0.522. The number of ether oxygens (including phenoxy) is 1. The first-order chi connectivity index (χ1) is 8.33. The molecule has 0 saturated carbocycles. The molecule has 3 heteroatoms. The van der Waals surface area contributed by atoms with Gasteiger partial charge in [-0.2, -0.15) is 0 Å². The van der Waals surface area contributed by atoms with Crippen LogP contribution >= 0.6 is 0 Å². The molecule has 17 heavy (non-hydrogen) atoms. The topological polar surface area (TPSA) is 38.3 Å². The molecule has 3 nitrogen and oxygen atoms in total. The summed E-state index contributed by atoms with van der Waals surface area (Å²) in [6.45, 7) is 3.70. The fraction of sp³-hybridized carbons (Fsp3) is 0.786. The molecule has 1 aliphatic heterocycles. The summed E-state index contributed by atoms with van der Waals surface area (Å²) in [7, 11) is 0. The number of carbonyl (C=O) groups is 1. The second-order valence-electron chi connectivity index (χ2n) is 4.63. The Labute approximate surface area is 105 Å². The van der Waals surface area contributed by atoms with Gasteiger partial charge in [0.25, 0.3) is 0 Å². The third-order valence-electron chi connectivity index (χ3n) is 3.02. The van der Waals surface area contributed by atoms with Crippen LogP contribution < -0.4 is 5.32 Å². The summed E-state index contributed by atoms with van der Waals surface area (Å²) in [6, 6.07) is 0. The maximum absolute atomic E-state index is 11.4.